The Morgan fingerprint density at radius 3 is 2.69 bits per heavy atom. The van der Waals surface area contributed by atoms with E-state index in [4.69, 9.17) is 5.26 Å². The summed E-state index contributed by atoms with van der Waals surface area (Å²) in [7, 11) is 0. The number of halogens is 1. The van der Waals surface area contributed by atoms with Crippen molar-refractivity contribution in [3.05, 3.63) is 29.4 Å². The summed E-state index contributed by atoms with van der Waals surface area (Å²) >= 11 is 1.15. The SMILES string of the molecule is C[C@@]12CC[C@@](C)(N1)[C@@H](F)[C@@H](N(c1ncc(-c3ccc(-c4nnc(C#N)s4)cc3O)nn1)C1CC1)C2. The Labute approximate surface area is 206 Å². The molecule has 35 heavy (non-hydrogen) atoms. The maximum atomic E-state index is 15.8. The summed E-state index contributed by atoms with van der Waals surface area (Å²) < 4.78 is 15.8. The number of benzene rings is 1. The smallest absolute Gasteiger partial charge is 0.245 e. The Morgan fingerprint density at radius 1 is 1.20 bits per heavy atom. The highest BCUT2D eigenvalue weighted by molar-refractivity contribution is 7.15. The summed E-state index contributed by atoms with van der Waals surface area (Å²) in [4.78, 5) is 6.63. The maximum absolute atomic E-state index is 15.8. The Bertz CT molecular complexity index is 1320. The molecule has 3 aromatic rings. The van der Waals surface area contributed by atoms with E-state index in [2.05, 4.69) is 42.5 Å². The molecular formula is C24H25FN8OS. The number of hydrogen-bond acceptors (Lipinski definition) is 10. The Morgan fingerprint density at radius 2 is 2.03 bits per heavy atom. The lowest BCUT2D eigenvalue weighted by Crippen LogP contribution is -2.66. The number of aromatic hydroxyl groups is 1. The van der Waals surface area contributed by atoms with Crippen LogP contribution in [0.2, 0.25) is 0 Å². The van der Waals surface area contributed by atoms with Crippen molar-refractivity contribution in [3.8, 4) is 33.6 Å². The quantitative estimate of drug-likeness (QED) is 0.549. The third-order valence-corrected chi connectivity index (χ3v) is 8.39. The fraction of sp³-hybridized carbons (Fsp3) is 0.500. The molecule has 1 aromatic carbocycles. The maximum Gasteiger partial charge on any atom is 0.245 e. The number of piperidine rings is 1. The number of nitrogens with zero attached hydrogens (tertiary/aromatic N) is 7. The standard InChI is InChI=1S/C24H25FN8OS/c1-23-7-8-24(2,32-23)20(25)17(10-23)33(14-4-5-14)22-27-12-16(28-31-22)15-6-3-13(9-18(15)34)21-30-29-19(11-26)35-21/h3,6,9,12,14,17,20,32,34H,4-5,7-8,10H2,1-2H3/t17-,20-,23-,24+/m0/s1. The molecule has 3 fully saturated rings. The summed E-state index contributed by atoms with van der Waals surface area (Å²) in [5, 5.41) is 40.4. The van der Waals surface area contributed by atoms with Crippen LogP contribution in [0.5, 0.6) is 5.75 Å². The number of nitrogens with one attached hydrogen (secondary N) is 1. The number of hydrogen-bond donors (Lipinski definition) is 2. The number of nitriles is 1. The number of alkyl halides is 1. The zero-order valence-electron chi connectivity index (χ0n) is 19.4. The zero-order valence-corrected chi connectivity index (χ0v) is 20.3. The van der Waals surface area contributed by atoms with Crippen molar-refractivity contribution < 1.29 is 9.50 Å². The van der Waals surface area contributed by atoms with E-state index in [1.165, 1.54) is 0 Å². The molecular weight excluding hydrogens is 467 g/mol. The minimum Gasteiger partial charge on any atom is -0.507 e. The van der Waals surface area contributed by atoms with Crippen LogP contribution in [0.3, 0.4) is 0 Å². The third kappa shape index (κ3) is 3.81. The Kier molecular flexibility index (Phi) is 5.02. The summed E-state index contributed by atoms with van der Waals surface area (Å²) in [6.45, 7) is 4.16. The van der Waals surface area contributed by atoms with Gasteiger partial charge in [-0.05, 0) is 58.1 Å². The van der Waals surface area contributed by atoms with E-state index in [1.807, 2.05) is 13.0 Å². The minimum atomic E-state index is -1.03. The van der Waals surface area contributed by atoms with Crippen molar-refractivity contribution in [3.63, 3.8) is 0 Å². The van der Waals surface area contributed by atoms with Crippen molar-refractivity contribution in [1.29, 1.82) is 5.26 Å². The first-order valence-electron chi connectivity index (χ1n) is 11.8. The van der Waals surface area contributed by atoms with Crippen LogP contribution >= 0.6 is 11.3 Å². The number of rotatable bonds is 5. The molecule has 2 aromatic heterocycles. The number of fused-ring (bicyclic) bond motifs is 2. The van der Waals surface area contributed by atoms with E-state index in [-0.39, 0.29) is 28.4 Å². The van der Waals surface area contributed by atoms with Crippen molar-refractivity contribution in [2.75, 3.05) is 4.90 Å². The molecule has 2 aliphatic heterocycles. The fourth-order valence-electron chi connectivity index (χ4n) is 5.65. The number of anilines is 1. The highest BCUT2D eigenvalue weighted by atomic mass is 32.1. The second-order valence-corrected chi connectivity index (χ2v) is 11.3. The van der Waals surface area contributed by atoms with E-state index in [0.29, 0.717) is 34.2 Å². The Hall–Kier alpha value is -3.23. The van der Waals surface area contributed by atoms with Crippen LogP contribution in [0.1, 0.15) is 51.0 Å². The topological polar surface area (TPSA) is 124 Å². The summed E-state index contributed by atoms with van der Waals surface area (Å²) in [5.41, 5.74) is 0.930. The first-order valence-corrected chi connectivity index (χ1v) is 12.6. The summed E-state index contributed by atoms with van der Waals surface area (Å²) in [6, 6.07) is 6.94. The molecule has 2 saturated heterocycles. The van der Waals surface area contributed by atoms with E-state index < -0.39 is 11.7 Å². The highest BCUT2D eigenvalue weighted by Crippen LogP contribution is 2.47. The van der Waals surface area contributed by atoms with Gasteiger partial charge in [-0.25, -0.2) is 9.37 Å². The first-order chi connectivity index (χ1) is 16.8. The van der Waals surface area contributed by atoms with Gasteiger partial charge in [0.05, 0.1) is 12.2 Å². The second-order valence-electron chi connectivity index (χ2n) is 10.3. The lowest BCUT2D eigenvalue weighted by Gasteiger charge is -2.48. The van der Waals surface area contributed by atoms with Gasteiger partial charge in [0, 0.05) is 28.2 Å². The molecule has 0 spiro atoms. The van der Waals surface area contributed by atoms with Crippen LogP contribution in [-0.2, 0) is 0 Å². The molecule has 2 N–H and O–H groups in total. The van der Waals surface area contributed by atoms with Gasteiger partial charge in [0.2, 0.25) is 11.0 Å². The van der Waals surface area contributed by atoms with Gasteiger partial charge in [0.25, 0.3) is 0 Å². The van der Waals surface area contributed by atoms with E-state index in [9.17, 15) is 5.11 Å². The number of phenolic OH excluding ortho intramolecular Hbond substituents is 1. The highest BCUT2D eigenvalue weighted by Gasteiger charge is 2.58. The number of phenols is 1. The molecule has 0 radical (unpaired) electrons. The van der Waals surface area contributed by atoms with E-state index in [1.54, 1.807) is 24.4 Å². The van der Waals surface area contributed by atoms with Crippen LogP contribution in [0, 0.1) is 11.3 Å². The van der Waals surface area contributed by atoms with Crippen molar-refractivity contribution >= 4 is 17.3 Å². The average Bonchev–Trinajstić information content (AvgIpc) is 3.48. The monoisotopic (exact) mass is 492 g/mol. The van der Waals surface area contributed by atoms with Crippen LogP contribution < -0.4 is 10.2 Å². The van der Waals surface area contributed by atoms with E-state index >= 15 is 4.39 Å². The molecule has 3 aliphatic rings. The molecule has 2 bridgehead atoms. The van der Waals surface area contributed by atoms with Crippen LogP contribution in [0.15, 0.2) is 24.4 Å². The van der Waals surface area contributed by atoms with Crippen molar-refractivity contribution in [2.45, 2.75) is 75.3 Å². The van der Waals surface area contributed by atoms with Gasteiger partial charge >= 0.3 is 0 Å². The predicted molar refractivity (Wildman–Crippen MR) is 129 cm³/mol. The average molecular weight is 493 g/mol. The Balaban J connectivity index is 1.28. The first kappa shape index (κ1) is 22.2. The van der Waals surface area contributed by atoms with Gasteiger partial charge in [0.15, 0.2) is 0 Å². The zero-order chi connectivity index (χ0) is 24.4. The summed E-state index contributed by atoms with van der Waals surface area (Å²) in [5.74, 6) is 0.435. The lowest BCUT2D eigenvalue weighted by atomic mass is 9.82. The van der Waals surface area contributed by atoms with Gasteiger partial charge in [-0.3, -0.25) is 0 Å². The van der Waals surface area contributed by atoms with Gasteiger partial charge in [-0.15, -0.1) is 20.4 Å². The predicted octanol–water partition coefficient (Wildman–Crippen LogP) is 3.61. The molecule has 0 unspecified atom stereocenters. The molecule has 1 aliphatic carbocycles. The van der Waals surface area contributed by atoms with Crippen molar-refractivity contribution in [1.82, 2.24) is 30.7 Å². The molecule has 180 valence electrons. The number of aromatic nitrogens is 5. The largest absolute Gasteiger partial charge is 0.507 e. The van der Waals surface area contributed by atoms with Gasteiger partial charge in [-0.1, -0.05) is 17.4 Å². The fourth-order valence-corrected chi connectivity index (χ4v) is 6.29. The molecule has 6 rings (SSSR count). The second kappa shape index (κ2) is 7.90. The molecule has 1 saturated carbocycles. The third-order valence-electron chi connectivity index (χ3n) is 7.51. The molecule has 0 amide bonds. The molecule has 4 atom stereocenters. The molecule has 9 nitrogen and oxygen atoms in total. The van der Waals surface area contributed by atoms with Crippen molar-refractivity contribution in [2.24, 2.45) is 0 Å². The lowest BCUT2D eigenvalue weighted by molar-refractivity contribution is 0.0828. The minimum absolute atomic E-state index is 0.00120. The van der Waals surface area contributed by atoms with Crippen LogP contribution in [0.25, 0.3) is 21.8 Å². The normalized spacial score (nSPS) is 29.7. The van der Waals surface area contributed by atoms with Gasteiger partial charge in [0.1, 0.15) is 28.7 Å². The molecule has 4 heterocycles. The van der Waals surface area contributed by atoms with Crippen LogP contribution in [0.4, 0.5) is 10.3 Å². The van der Waals surface area contributed by atoms with E-state index in [0.717, 1.165) is 37.0 Å². The molecule has 11 heteroatoms. The van der Waals surface area contributed by atoms with Crippen LogP contribution in [-0.4, -0.2) is 59.8 Å². The summed E-state index contributed by atoms with van der Waals surface area (Å²) in [6.07, 6.45) is 5.03. The van der Waals surface area contributed by atoms with Gasteiger partial charge < -0.3 is 15.3 Å². The van der Waals surface area contributed by atoms with Gasteiger partial charge in [-0.2, -0.15) is 5.26 Å².